The van der Waals surface area contributed by atoms with E-state index in [4.69, 9.17) is 4.74 Å². The van der Waals surface area contributed by atoms with Crippen LogP contribution in [-0.2, 0) is 15.1 Å². The van der Waals surface area contributed by atoms with Crippen LogP contribution in [0, 0.1) is 0 Å². The molecular formula is C17H27NO3. The van der Waals surface area contributed by atoms with E-state index in [1.54, 1.807) is 0 Å². The highest BCUT2D eigenvalue weighted by atomic mass is 16.5. The van der Waals surface area contributed by atoms with Gasteiger partial charge in [0.25, 0.3) is 0 Å². The van der Waals surface area contributed by atoms with E-state index >= 15 is 0 Å². The summed E-state index contributed by atoms with van der Waals surface area (Å²) in [4.78, 5) is 11.9. The van der Waals surface area contributed by atoms with Crippen LogP contribution in [0.2, 0.25) is 0 Å². The van der Waals surface area contributed by atoms with Crippen molar-refractivity contribution in [3.63, 3.8) is 0 Å². The molecule has 0 bridgehead atoms. The monoisotopic (exact) mass is 293 g/mol. The van der Waals surface area contributed by atoms with E-state index in [0.29, 0.717) is 19.6 Å². The highest BCUT2D eigenvalue weighted by molar-refractivity contribution is 5.80. The summed E-state index contributed by atoms with van der Waals surface area (Å²) < 4.78 is 5.85. The summed E-state index contributed by atoms with van der Waals surface area (Å²) in [6, 6.07) is 9.31. The molecule has 0 aliphatic rings. The minimum absolute atomic E-state index is 0.229. The lowest BCUT2D eigenvalue weighted by Crippen LogP contribution is -2.50. The Morgan fingerprint density at radius 3 is 2.33 bits per heavy atom. The van der Waals surface area contributed by atoms with Gasteiger partial charge in [-0.2, -0.15) is 0 Å². The van der Waals surface area contributed by atoms with Gasteiger partial charge in [-0.3, -0.25) is 5.32 Å². The van der Waals surface area contributed by atoms with E-state index in [9.17, 15) is 9.90 Å². The quantitative estimate of drug-likeness (QED) is 0.734. The van der Waals surface area contributed by atoms with Gasteiger partial charge in [-0.1, -0.05) is 44.2 Å². The fourth-order valence-electron chi connectivity index (χ4n) is 2.25. The molecule has 1 aromatic rings. The molecule has 0 saturated heterocycles. The molecule has 1 rings (SSSR count). The molecule has 0 spiro atoms. The average Bonchev–Trinajstić information content (AvgIpc) is 2.47. The van der Waals surface area contributed by atoms with Crippen LogP contribution < -0.4 is 5.32 Å². The number of ether oxygens (including phenoxy) is 1. The SMILES string of the molecule is CCNC(CCOC(C)(C)CC)(C(=O)O)c1ccccc1. The van der Waals surface area contributed by atoms with Crippen molar-refractivity contribution in [1.82, 2.24) is 5.32 Å². The van der Waals surface area contributed by atoms with Gasteiger partial charge in [0.15, 0.2) is 0 Å². The summed E-state index contributed by atoms with van der Waals surface area (Å²) in [6.45, 7) is 8.99. The fourth-order valence-corrected chi connectivity index (χ4v) is 2.25. The van der Waals surface area contributed by atoms with Gasteiger partial charge in [-0.05, 0) is 32.4 Å². The zero-order valence-corrected chi connectivity index (χ0v) is 13.5. The maximum absolute atomic E-state index is 11.9. The Morgan fingerprint density at radius 2 is 1.86 bits per heavy atom. The Bertz CT molecular complexity index is 445. The number of nitrogens with one attached hydrogen (secondary N) is 1. The molecule has 118 valence electrons. The zero-order chi connectivity index (χ0) is 15.9. The molecule has 0 heterocycles. The third kappa shape index (κ3) is 4.55. The van der Waals surface area contributed by atoms with E-state index in [2.05, 4.69) is 12.2 Å². The summed E-state index contributed by atoms with van der Waals surface area (Å²) in [6.07, 6.45) is 1.28. The van der Waals surface area contributed by atoms with Gasteiger partial charge in [0.2, 0.25) is 0 Å². The van der Waals surface area contributed by atoms with Crippen LogP contribution in [0.1, 0.15) is 46.1 Å². The molecule has 0 radical (unpaired) electrons. The zero-order valence-electron chi connectivity index (χ0n) is 13.5. The van der Waals surface area contributed by atoms with E-state index in [1.807, 2.05) is 51.1 Å². The number of carbonyl (C=O) groups is 1. The Morgan fingerprint density at radius 1 is 1.24 bits per heavy atom. The summed E-state index contributed by atoms with van der Waals surface area (Å²) in [7, 11) is 0. The van der Waals surface area contributed by atoms with Gasteiger partial charge in [0, 0.05) is 13.0 Å². The number of aliphatic carboxylic acids is 1. The molecule has 4 nitrogen and oxygen atoms in total. The van der Waals surface area contributed by atoms with Gasteiger partial charge >= 0.3 is 5.97 Å². The lowest BCUT2D eigenvalue weighted by Gasteiger charge is -2.32. The van der Waals surface area contributed by atoms with Crippen LogP contribution in [0.4, 0.5) is 0 Å². The molecule has 0 saturated carbocycles. The molecule has 0 aromatic heterocycles. The number of hydrogen-bond acceptors (Lipinski definition) is 3. The number of likely N-dealkylation sites (N-methyl/N-ethyl adjacent to an activating group) is 1. The molecule has 1 unspecified atom stereocenters. The summed E-state index contributed by atoms with van der Waals surface area (Å²) in [5.74, 6) is -0.867. The van der Waals surface area contributed by atoms with Crippen molar-refractivity contribution < 1.29 is 14.6 Å². The van der Waals surface area contributed by atoms with Crippen LogP contribution >= 0.6 is 0 Å². The Balaban J connectivity index is 2.95. The molecular weight excluding hydrogens is 266 g/mol. The van der Waals surface area contributed by atoms with E-state index in [1.165, 1.54) is 0 Å². The second-order valence-electron chi connectivity index (χ2n) is 5.82. The van der Waals surface area contributed by atoms with Crippen molar-refractivity contribution in [2.24, 2.45) is 0 Å². The molecule has 2 N–H and O–H groups in total. The first-order valence-corrected chi connectivity index (χ1v) is 7.56. The van der Waals surface area contributed by atoms with Crippen LogP contribution in [0.15, 0.2) is 30.3 Å². The number of carboxylic acid groups (broad SMARTS) is 1. The Labute approximate surface area is 127 Å². The molecule has 0 aliphatic heterocycles. The fraction of sp³-hybridized carbons (Fsp3) is 0.588. The Hall–Kier alpha value is -1.39. The maximum atomic E-state index is 11.9. The molecule has 1 aromatic carbocycles. The van der Waals surface area contributed by atoms with Gasteiger partial charge in [0.05, 0.1) is 5.60 Å². The second-order valence-corrected chi connectivity index (χ2v) is 5.82. The molecule has 21 heavy (non-hydrogen) atoms. The van der Waals surface area contributed by atoms with Gasteiger partial charge in [0.1, 0.15) is 5.54 Å². The molecule has 0 aliphatic carbocycles. The van der Waals surface area contributed by atoms with E-state index < -0.39 is 11.5 Å². The van der Waals surface area contributed by atoms with E-state index in [-0.39, 0.29) is 5.60 Å². The largest absolute Gasteiger partial charge is 0.480 e. The first-order chi connectivity index (χ1) is 9.88. The third-order valence-corrected chi connectivity index (χ3v) is 3.93. The van der Waals surface area contributed by atoms with Gasteiger partial charge < -0.3 is 9.84 Å². The highest BCUT2D eigenvalue weighted by Crippen LogP contribution is 2.27. The summed E-state index contributed by atoms with van der Waals surface area (Å²) >= 11 is 0. The number of hydrogen-bond donors (Lipinski definition) is 2. The molecule has 0 amide bonds. The van der Waals surface area contributed by atoms with Crippen molar-refractivity contribution in [2.75, 3.05) is 13.2 Å². The lowest BCUT2D eigenvalue weighted by atomic mass is 9.86. The smallest absolute Gasteiger partial charge is 0.328 e. The molecule has 4 heteroatoms. The van der Waals surface area contributed by atoms with Crippen molar-refractivity contribution in [3.8, 4) is 0 Å². The van der Waals surface area contributed by atoms with Crippen molar-refractivity contribution in [3.05, 3.63) is 35.9 Å². The van der Waals surface area contributed by atoms with Crippen molar-refractivity contribution in [2.45, 2.75) is 51.7 Å². The van der Waals surface area contributed by atoms with Crippen LogP contribution in [0.3, 0.4) is 0 Å². The average molecular weight is 293 g/mol. The topological polar surface area (TPSA) is 58.6 Å². The standard InChI is InChI=1S/C17H27NO3/c1-5-16(3,4)21-13-12-17(15(19)20,18-6-2)14-10-8-7-9-11-14/h7-11,18H,5-6,12-13H2,1-4H3,(H,19,20). The van der Waals surface area contributed by atoms with Gasteiger partial charge in [-0.15, -0.1) is 0 Å². The van der Waals surface area contributed by atoms with Gasteiger partial charge in [-0.25, -0.2) is 4.79 Å². The van der Waals surface area contributed by atoms with Crippen molar-refractivity contribution in [1.29, 1.82) is 0 Å². The highest BCUT2D eigenvalue weighted by Gasteiger charge is 2.39. The normalized spacial score (nSPS) is 14.7. The van der Waals surface area contributed by atoms with Crippen LogP contribution in [0.25, 0.3) is 0 Å². The summed E-state index contributed by atoms with van der Waals surface area (Å²) in [5, 5.41) is 12.9. The molecule has 1 atom stereocenters. The number of benzene rings is 1. The minimum atomic E-state index is -1.10. The Kier molecular flexibility index (Phi) is 6.37. The second kappa shape index (κ2) is 7.57. The van der Waals surface area contributed by atoms with E-state index in [0.717, 1.165) is 12.0 Å². The predicted octanol–water partition coefficient (Wildman–Crippen LogP) is 3.17. The first-order valence-electron chi connectivity index (χ1n) is 7.56. The predicted molar refractivity (Wildman–Crippen MR) is 84.4 cm³/mol. The number of carboxylic acids is 1. The summed E-state index contributed by atoms with van der Waals surface area (Å²) in [5.41, 5.74) is -0.565. The minimum Gasteiger partial charge on any atom is -0.480 e. The lowest BCUT2D eigenvalue weighted by molar-refractivity contribution is -0.147. The first kappa shape index (κ1) is 17.7. The molecule has 0 fully saturated rings. The third-order valence-electron chi connectivity index (χ3n) is 3.93. The van der Waals surface area contributed by atoms with Crippen LogP contribution in [-0.4, -0.2) is 29.8 Å². The van der Waals surface area contributed by atoms with Crippen molar-refractivity contribution >= 4 is 5.97 Å². The van der Waals surface area contributed by atoms with Crippen LogP contribution in [0.5, 0.6) is 0 Å². The number of rotatable bonds is 9. The maximum Gasteiger partial charge on any atom is 0.328 e.